The number of rotatable bonds is 21. The number of ether oxygens (including phenoxy) is 4. The highest BCUT2D eigenvalue weighted by atomic mass is 19.1. The molecule has 1 aliphatic heterocycles. The van der Waals surface area contributed by atoms with Crippen LogP contribution in [0.3, 0.4) is 0 Å². The van der Waals surface area contributed by atoms with Gasteiger partial charge in [-0.15, -0.1) is 0 Å². The van der Waals surface area contributed by atoms with Crippen LogP contribution in [0.2, 0.25) is 0 Å². The van der Waals surface area contributed by atoms with Crippen LogP contribution in [0.5, 0.6) is 0 Å². The molecule has 4 aromatic rings. The molecule has 1 saturated heterocycles. The second kappa shape index (κ2) is 31.2. The molecule has 0 aromatic heterocycles. The summed E-state index contributed by atoms with van der Waals surface area (Å²) in [6.45, 7) is 6.53. The van der Waals surface area contributed by atoms with Gasteiger partial charge in [-0.05, 0) is 118 Å². The molecule has 1 heterocycles. The Morgan fingerprint density at radius 3 is 1.75 bits per heavy atom. The van der Waals surface area contributed by atoms with Gasteiger partial charge in [0.25, 0.3) is 0 Å². The van der Waals surface area contributed by atoms with Crippen molar-refractivity contribution in [1.29, 1.82) is 0 Å². The maximum atomic E-state index is 13.6. The summed E-state index contributed by atoms with van der Waals surface area (Å²) in [7, 11) is 1.26. The summed E-state index contributed by atoms with van der Waals surface area (Å²) in [6, 6.07) is 28.6. The highest BCUT2D eigenvalue weighted by Crippen LogP contribution is 2.29. The molecule has 430 valence electrons. The Kier molecular flexibility index (Phi) is 24.3. The van der Waals surface area contributed by atoms with Crippen molar-refractivity contribution in [3.8, 4) is 0 Å². The van der Waals surface area contributed by atoms with Crippen LogP contribution in [-0.4, -0.2) is 139 Å². The van der Waals surface area contributed by atoms with Crippen LogP contribution in [0.4, 0.5) is 23.2 Å². The Morgan fingerprint density at radius 2 is 1.23 bits per heavy atom. The van der Waals surface area contributed by atoms with Crippen LogP contribution in [0.1, 0.15) is 94.4 Å². The number of carbonyl (C=O) groups excluding carboxylic acids is 5. The van der Waals surface area contributed by atoms with Gasteiger partial charge in [-0.1, -0.05) is 111 Å². The average molecular weight is 1100 g/mol. The van der Waals surface area contributed by atoms with Gasteiger partial charge in [0, 0.05) is 50.3 Å². The third-order valence-electron chi connectivity index (χ3n) is 14.6. The van der Waals surface area contributed by atoms with Gasteiger partial charge in [-0.25, -0.2) is 23.2 Å². The number of aliphatic hydroxyl groups excluding tert-OH is 2. The predicted molar refractivity (Wildman–Crippen MR) is 293 cm³/mol. The lowest BCUT2D eigenvalue weighted by molar-refractivity contribution is -0.149. The number of halogens is 2. The summed E-state index contributed by atoms with van der Waals surface area (Å²) in [5.41, 5.74) is 2.78. The largest absolute Gasteiger partial charge is 0.468 e. The summed E-state index contributed by atoms with van der Waals surface area (Å²) in [5.74, 6) is -1.40. The summed E-state index contributed by atoms with van der Waals surface area (Å²) in [4.78, 5) is 67.5. The Hall–Kier alpha value is -6.67. The minimum Gasteiger partial charge on any atom is -0.468 e. The van der Waals surface area contributed by atoms with Crippen molar-refractivity contribution >= 4 is 30.2 Å². The molecule has 0 bridgehead atoms. The van der Waals surface area contributed by atoms with E-state index in [-0.39, 0.29) is 73.9 Å². The van der Waals surface area contributed by atoms with Crippen LogP contribution >= 0.6 is 0 Å². The van der Waals surface area contributed by atoms with Gasteiger partial charge in [0.15, 0.2) is 0 Å². The third-order valence-corrected chi connectivity index (χ3v) is 14.6. The van der Waals surface area contributed by atoms with Gasteiger partial charge >= 0.3 is 24.2 Å². The molecule has 2 saturated carbocycles. The van der Waals surface area contributed by atoms with Gasteiger partial charge < -0.3 is 50.4 Å². The smallest absolute Gasteiger partial charge is 0.407 e. The predicted octanol–water partition coefficient (Wildman–Crippen LogP) is 7.60. The summed E-state index contributed by atoms with van der Waals surface area (Å²) in [6.07, 6.45) is 6.55. The van der Waals surface area contributed by atoms with Gasteiger partial charge in [-0.2, -0.15) is 0 Å². The van der Waals surface area contributed by atoms with Gasteiger partial charge in [0.1, 0.15) is 42.5 Å². The number of methoxy groups -OCH3 is 1. The molecule has 0 spiro atoms. The fraction of sp³-hybridized carbons (Fsp3) is 0.517. The molecule has 7 rings (SSSR count). The van der Waals surface area contributed by atoms with E-state index in [9.17, 15) is 43.0 Å². The fourth-order valence-electron chi connectivity index (χ4n) is 10.6. The lowest BCUT2D eigenvalue weighted by Gasteiger charge is -2.42. The molecule has 4 amide bonds. The highest BCUT2D eigenvalue weighted by Gasteiger charge is 2.39. The lowest BCUT2D eigenvalue weighted by Crippen LogP contribution is -2.63. The van der Waals surface area contributed by atoms with Crippen LogP contribution in [-0.2, 0) is 54.6 Å². The van der Waals surface area contributed by atoms with E-state index in [1.54, 1.807) is 49.9 Å². The number of nitrogens with one attached hydrogen (secondary N) is 4. The number of hydrogen-bond acceptors (Lipinski definition) is 13. The topological polar surface area (TPSA) is 217 Å². The molecular weight excluding hydrogens is 1020 g/mol. The second-order valence-electron chi connectivity index (χ2n) is 21.8. The number of esters is 1. The Morgan fingerprint density at radius 1 is 0.709 bits per heavy atom. The van der Waals surface area contributed by atoms with Crippen LogP contribution in [0.15, 0.2) is 109 Å². The fourth-order valence-corrected chi connectivity index (χ4v) is 10.6. The molecule has 6 N–H and O–H groups in total. The maximum absolute atomic E-state index is 13.6. The van der Waals surface area contributed by atoms with Crippen molar-refractivity contribution in [2.24, 2.45) is 11.8 Å². The number of carbonyl (C=O) groups is 5. The Bertz CT molecular complexity index is 2510. The number of hydrogen-bond donors (Lipinski definition) is 6. The first-order chi connectivity index (χ1) is 38.0. The van der Waals surface area contributed by atoms with Crippen LogP contribution in [0, 0.1) is 23.5 Å². The molecule has 0 unspecified atom stereocenters. The molecule has 4 aromatic carbocycles. The SMILES string of the molecule is COC(=O)[C@H](CO)N(C[C@H](Cc1ccc(F)cc1)NC(=O)OC(C)(C)C)C[C@@H]1CCCC[C@H]1NC(=O)OCc1ccccc1.O=C(N[C@@H]1CCCC[C@H]1CN1C[C@H](Cc2ccc(F)cc2)NC(=O)[C@@H]1CO)OCc1ccccc1. The van der Waals surface area contributed by atoms with Crippen molar-refractivity contribution in [3.63, 3.8) is 0 Å². The zero-order valence-corrected chi connectivity index (χ0v) is 46.0. The zero-order chi connectivity index (χ0) is 56.7. The standard InChI is InChI=1S/C33H46FN3O7.C27H34FN3O4/c1-33(2,3)44-32(41)35-27(18-23-14-16-26(34)17-15-23)20-37(29(21-38)30(39)42-4)19-25-12-8-9-13-28(25)36-31(40)43-22-24-10-6-5-7-11-24;28-22-12-10-19(11-13-22)14-23-16-31(25(17-32)26(33)29-23)15-21-8-4-5-9-24(21)30-27(34)35-18-20-6-2-1-3-7-20/h5-7,10-11,14-17,25,27-29,38H,8-9,12-13,18-22H2,1-4H3,(H,35,41)(H,36,40);1-3,6-7,10-13,21,23-25,32H,4-5,8-9,14-18H2,(H,29,33)(H,30,34)/t25-,27-,28+,29-;21-,23-,24+,25-/m00/s1. The molecule has 17 nitrogen and oxygen atoms in total. The van der Waals surface area contributed by atoms with Crippen molar-refractivity contribution in [2.75, 3.05) is 46.5 Å². The number of amides is 4. The first kappa shape index (κ1) is 61.5. The van der Waals surface area contributed by atoms with E-state index in [2.05, 4.69) is 21.3 Å². The number of nitrogens with zero attached hydrogens (tertiary/aromatic N) is 2. The molecule has 8 atom stereocenters. The van der Waals surface area contributed by atoms with E-state index < -0.39 is 54.6 Å². The molecule has 79 heavy (non-hydrogen) atoms. The molecule has 19 heteroatoms. The molecule has 3 aliphatic rings. The van der Waals surface area contributed by atoms with E-state index >= 15 is 0 Å². The summed E-state index contributed by atoms with van der Waals surface area (Å²) >= 11 is 0. The first-order valence-electron chi connectivity index (χ1n) is 27.5. The van der Waals surface area contributed by atoms with E-state index in [4.69, 9.17) is 18.9 Å². The minimum atomic E-state index is -1.01. The van der Waals surface area contributed by atoms with E-state index in [1.807, 2.05) is 65.6 Å². The van der Waals surface area contributed by atoms with Gasteiger partial charge in [-0.3, -0.25) is 19.4 Å². The zero-order valence-electron chi connectivity index (χ0n) is 46.0. The first-order valence-corrected chi connectivity index (χ1v) is 27.5. The van der Waals surface area contributed by atoms with Crippen LogP contribution in [0.25, 0.3) is 0 Å². The molecule has 0 radical (unpaired) electrons. The van der Waals surface area contributed by atoms with Crippen LogP contribution < -0.4 is 21.3 Å². The van der Waals surface area contributed by atoms with E-state index in [0.29, 0.717) is 32.5 Å². The van der Waals surface area contributed by atoms with Crippen molar-refractivity contribution in [3.05, 3.63) is 143 Å². The van der Waals surface area contributed by atoms with E-state index in [0.717, 1.165) is 73.6 Å². The molecule has 3 fully saturated rings. The van der Waals surface area contributed by atoms with Crippen molar-refractivity contribution in [1.82, 2.24) is 31.1 Å². The van der Waals surface area contributed by atoms with E-state index in [1.165, 1.54) is 31.4 Å². The third kappa shape index (κ3) is 20.8. The highest BCUT2D eigenvalue weighted by molar-refractivity contribution is 5.83. The molecule has 2 aliphatic carbocycles. The van der Waals surface area contributed by atoms with Gasteiger partial charge in [0.2, 0.25) is 5.91 Å². The minimum absolute atomic E-state index is 0.0492. The average Bonchev–Trinajstić information content (AvgIpc) is 3.42. The second-order valence-corrected chi connectivity index (χ2v) is 21.8. The van der Waals surface area contributed by atoms with Crippen molar-refractivity contribution in [2.45, 2.75) is 140 Å². The number of aliphatic hydroxyl groups is 2. The summed E-state index contributed by atoms with van der Waals surface area (Å²) in [5, 5.41) is 32.2. The monoisotopic (exact) mass is 1100 g/mol. The number of benzene rings is 4. The van der Waals surface area contributed by atoms with Crippen molar-refractivity contribution < 1.29 is 61.9 Å². The number of alkyl carbamates (subject to hydrolysis) is 3. The quantitative estimate of drug-likeness (QED) is 0.0351. The Labute approximate surface area is 463 Å². The lowest BCUT2D eigenvalue weighted by atomic mass is 9.83. The Balaban J connectivity index is 0.000000261. The van der Waals surface area contributed by atoms with Gasteiger partial charge in [0.05, 0.1) is 20.3 Å². The maximum Gasteiger partial charge on any atom is 0.407 e. The normalized spacial score (nSPS) is 21.2. The number of piperazine rings is 1. The summed E-state index contributed by atoms with van der Waals surface area (Å²) < 4.78 is 48.3. The molecular formula is C60H80F2N6O11.